The molecule has 10 nitrogen and oxygen atoms in total. The van der Waals surface area contributed by atoms with Gasteiger partial charge in [-0.25, -0.2) is 9.78 Å². The molecular weight excluding hydrogens is 432 g/mol. The maximum atomic E-state index is 13.7. The van der Waals surface area contributed by atoms with E-state index in [1.807, 2.05) is 12.1 Å². The molecule has 4 aromatic rings. The lowest BCUT2D eigenvalue weighted by molar-refractivity contribution is 0.496. The van der Waals surface area contributed by atoms with Crippen LogP contribution in [0.25, 0.3) is 22.2 Å². The van der Waals surface area contributed by atoms with Crippen molar-refractivity contribution < 1.29 is 0 Å². The van der Waals surface area contributed by atoms with Crippen LogP contribution in [0.3, 0.4) is 0 Å². The Morgan fingerprint density at radius 2 is 2.00 bits per heavy atom. The lowest BCUT2D eigenvalue weighted by Crippen LogP contribution is -2.44. The van der Waals surface area contributed by atoms with E-state index < -0.39 is 11.2 Å². The summed E-state index contributed by atoms with van der Waals surface area (Å²) < 4.78 is 4.43. The number of piperidine rings is 1. The van der Waals surface area contributed by atoms with E-state index in [0.29, 0.717) is 41.4 Å². The number of anilines is 1. The van der Waals surface area contributed by atoms with E-state index in [-0.39, 0.29) is 12.6 Å². The Kier molecular flexibility index (Phi) is 5.63. The third-order valence-corrected chi connectivity index (χ3v) is 6.20. The zero-order chi connectivity index (χ0) is 23.8. The van der Waals surface area contributed by atoms with Gasteiger partial charge in [0.15, 0.2) is 11.2 Å². The number of pyridine rings is 2. The SMILES string of the molecule is CC#CCn1c(N2CCC[C@@H](N)C2)nc2c1c(=O)n(Cc1ccc3ncccc3n1)c(=O)n2C. The minimum Gasteiger partial charge on any atom is -0.341 e. The van der Waals surface area contributed by atoms with Crippen LogP contribution in [-0.2, 0) is 20.1 Å². The van der Waals surface area contributed by atoms with Gasteiger partial charge in [0.25, 0.3) is 5.56 Å². The number of fused-ring (bicyclic) bond motifs is 2. The lowest BCUT2D eigenvalue weighted by atomic mass is 10.1. The molecule has 34 heavy (non-hydrogen) atoms. The normalized spacial score (nSPS) is 16.1. The number of hydrogen-bond donors (Lipinski definition) is 1. The van der Waals surface area contributed by atoms with Gasteiger partial charge in [0.1, 0.15) is 0 Å². The van der Waals surface area contributed by atoms with Crippen LogP contribution in [0.2, 0.25) is 0 Å². The fourth-order valence-corrected chi connectivity index (χ4v) is 4.49. The number of rotatable bonds is 4. The Hall–Kier alpha value is -3.97. The molecular formula is C24H26N8O2. The molecule has 1 aliphatic rings. The van der Waals surface area contributed by atoms with E-state index in [1.54, 1.807) is 36.9 Å². The summed E-state index contributed by atoms with van der Waals surface area (Å²) in [6.45, 7) is 3.51. The molecule has 174 valence electrons. The minimum atomic E-state index is -0.446. The predicted octanol–water partition coefficient (Wildman–Crippen LogP) is 0.839. The monoisotopic (exact) mass is 458 g/mol. The molecule has 0 spiro atoms. The summed E-state index contributed by atoms with van der Waals surface area (Å²) in [7, 11) is 1.63. The summed E-state index contributed by atoms with van der Waals surface area (Å²) in [5.74, 6) is 6.55. The first-order chi connectivity index (χ1) is 16.5. The summed E-state index contributed by atoms with van der Waals surface area (Å²) in [6, 6.07) is 7.31. The van der Waals surface area contributed by atoms with Crippen LogP contribution in [-0.4, -0.2) is 47.8 Å². The van der Waals surface area contributed by atoms with Crippen molar-refractivity contribution in [3.05, 3.63) is 57.0 Å². The fraction of sp³-hybridized carbons (Fsp3) is 0.375. The molecule has 0 bridgehead atoms. The number of nitrogens with zero attached hydrogens (tertiary/aromatic N) is 7. The summed E-state index contributed by atoms with van der Waals surface area (Å²) in [5, 5.41) is 0. The number of imidazole rings is 1. The van der Waals surface area contributed by atoms with Crippen LogP contribution < -0.4 is 21.9 Å². The van der Waals surface area contributed by atoms with Gasteiger partial charge in [-0.05, 0) is 44.0 Å². The molecule has 5 rings (SSSR count). The van der Waals surface area contributed by atoms with E-state index in [1.165, 1.54) is 9.13 Å². The number of nitrogens with two attached hydrogens (primary N) is 1. The zero-order valence-corrected chi connectivity index (χ0v) is 19.2. The van der Waals surface area contributed by atoms with Gasteiger partial charge in [0.05, 0.1) is 29.8 Å². The average molecular weight is 459 g/mol. The number of aryl methyl sites for hydroxylation is 1. The number of hydrogen-bond acceptors (Lipinski definition) is 7. The lowest BCUT2D eigenvalue weighted by Gasteiger charge is -2.31. The third-order valence-electron chi connectivity index (χ3n) is 6.20. The summed E-state index contributed by atoms with van der Waals surface area (Å²) in [5.41, 5.74) is 8.09. The van der Waals surface area contributed by atoms with Crippen molar-refractivity contribution in [2.24, 2.45) is 12.8 Å². The highest BCUT2D eigenvalue weighted by Crippen LogP contribution is 2.23. The van der Waals surface area contributed by atoms with Crippen LogP contribution in [0.4, 0.5) is 5.95 Å². The molecule has 1 fully saturated rings. The van der Waals surface area contributed by atoms with Crippen LogP contribution in [0.1, 0.15) is 25.5 Å². The highest BCUT2D eigenvalue weighted by molar-refractivity contribution is 5.75. The largest absolute Gasteiger partial charge is 0.341 e. The van der Waals surface area contributed by atoms with Gasteiger partial charge >= 0.3 is 5.69 Å². The van der Waals surface area contributed by atoms with Gasteiger partial charge in [0, 0.05) is 32.4 Å². The molecule has 5 heterocycles. The van der Waals surface area contributed by atoms with E-state index >= 15 is 0 Å². The highest BCUT2D eigenvalue weighted by atomic mass is 16.2. The van der Waals surface area contributed by atoms with Gasteiger partial charge in [-0.2, -0.15) is 4.98 Å². The summed E-state index contributed by atoms with van der Waals surface area (Å²) in [6.07, 6.45) is 3.59. The molecule has 0 aliphatic carbocycles. The standard InChI is InChI=1S/C24H26N8O2/c1-3-4-13-31-20-21(28-23(31)30-12-6-7-16(25)14-30)29(2)24(34)32(22(20)33)15-17-9-10-18-19(27-17)8-5-11-26-18/h5,8-11,16H,6-7,12-15,25H2,1-2H3/t16-/m1/s1. The van der Waals surface area contributed by atoms with Gasteiger partial charge in [-0.15, -0.1) is 5.92 Å². The van der Waals surface area contributed by atoms with E-state index in [4.69, 9.17) is 10.7 Å². The molecule has 1 saturated heterocycles. The molecule has 0 amide bonds. The third kappa shape index (κ3) is 3.74. The maximum absolute atomic E-state index is 13.7. The van der Waals surface area contributed by atoms with E-state index in [9.17, 15) is 9.59 Å². The molecule has 1 atom stereocenters. The second-order valence-electron chi connectivity index (χ2n) is 8.52. The topological polar surface area (TPSA) is 117 Å². The van der Waals surface area contributed by atoms with Gasteiger partial charge in [0.2, 0.25) is 5.95 Å². The van der Waals surface area contributed by atoms with E-state index in [2.05, 4.69) is 26.7 Å². The van der Waals surface area contributed by atoms with Crippen molar-refractivity contribution in [1.82, 2.24) is 28.7 Å². The Morgan fingerprint density at radius 1 is 1.15 bits per heavy atom. The first-order valence-corrected chi connectivity index (χ1v) is 11.3. The van der Waals surface area contributed by atoms with Crippen molar-refractivity contribution in [3.8, 4) is 11.8 Å². The fourth-order valence-electron chi connectivity index (χ4n) is 4.49. The molecule has 4 aromatic heterocycles. The predicted molar refractivity (Wildman–Crippen MR) is 131 cm³/mol. The zero-order valence-electron chi connectivity index (χ0n) is 19.2. The second-order valence-corrected chi connectivity index (χ2v) is 8.52. The highest BCUT2D eigenvalue weighted by Gasteiger charge is 2.26. The minimum absolute atomic E-state index is 0.0354. The van der Waals surface area contributed by atoms with Crippen LogP contribution in [0.15, 0.2) is 40.1 Å². The Balaban J connectivity index is 1.68. The molecule has 10 heteroatoms. The second kappa shape index (κ2) is 8.76. The van der Waals surface area contributed by atoms with Gasteiger partial charge in [-0.1, -0.05) is 5.92 Å². The number of aromatic nitrogens is 6. The molecule has 0 aromatic carbocycles. The van der Waals surface area contributed by atoms with Crippen molar-refractivity contribution in [3.63, 3.8) is 0 Å². The first-order valence-electron chi connectivity index (χ1n) is 11.3. The summed E-state index contributed by atoms with van der Waals surface area (Å²) in [4.78, 5) is 42.5. The van der Waals surface area contributed by atoms with Crippen molar-refractivity contribution >= 4 is 28.1 Å². The molecule has 0 radical (unpaired) electrons. The quantitative estimate of drug-likeness (QED) is 0.450. The summed E-state index contributed by atoms with van der Waals surface area (Å²) >= 11 is 0. The molecule has 0 saturated carbocycles. The molecule has 0 unspecified atom stereocenters. The van der Waals surface area contributed by atoms with Crippen LogP contribution in [0.5, 0.6) is 0 Å². The van der Waals surface area contributed by atoms with Gasteiger partial charge in [-0.3, -0.25) is 23.5 Å². The Bertz CT molecular complexity index is 1570. The Morgan fingerprint density at radius 3 is 2.79 bits per heavy atom. The average Bonchev–Trinajstić information content (AvgIpc) is 3.23. The Labute approximate surface area is 195 Å². The van der Waals surface area contributed by atoms with E-state index in [0.717, 1.165) is 24.9 Å². The first kappa shape index (κ1) is 21.9. The van der Waals surface area contributed by atoms with Crippen molar-refractivity contribution in [1.29, 1.82) is 0 Å². The smallest absolute Gasteiger partial charge is 0.332 e. The van der Waals surface area contributed by atoms with Crippen LogP contribution in [0, 0.1) is 11.8 Å². The van der Waals surface area contributed by atoms with Crippen molar-refractivity contribution in [2.45, 2.75) is 38.9 Å². The van der Waals surface area contributed by atoms with Crippen LogP contribution >= 0.6 is 0 Å². The molecule has 2 N–H and O–H groups in total. The maximum Gasteiger partial charge on any atom is 0.332 e. The van der Waals surface area contributed by atoms with Crippen molar-refractivity contribution in [2.75, 3.05) is 18.0 Å². The molecule has 1 aliphatic heterocycles. The van der Waals surface area contributed by atoms with Gasteiger partial charge < -0.3 is 10.6 Å².